The van der Waals surface area contributed by atoms with E-state index in [0.29, 0.717) is 5.76 Å². The van der Waals surface area contributed by atoms with Crippen LogP contribution in [-0.2, 0) is 0 Å². The number of nitrogens with two attached hydrogens (primary N) is 1. The maximum Gasteiger partial charge on any atom is 0.133 e. The first-order valence-corrected chi connectivity index (χ1v) is 2.76. The van der Waals surface area contributed by atoms with Gasteiger partial charge < -0.3 is 15.3 Å². The molecule has 1 rings (SSSR count). The second-order valence-corrected chi connectivity index (χ2v) is 1.77. The molecule has 0 saturated carbocycles. The second kappa shape index (κ2) is 2.66. The Morgan fingerprint density at radius 3 is 3.00 bits per heavy atom. The zero-order chi connectivity index (χ0) is 6.69. The molecule has 3 heteroatoms. The predicted molar refractivity (Wildman–Crippen MR) is 32.7 cm³/mol. The van der Waals surface area contributed by atoms with Crippen LogP contribution in [0.25, 0.3) is 0 Å². The zero-order valence-corrected chi connectivity index (χ0v) is 4.95. The monoisotopic (exact) mass is 127 g/mol. The summed E-state index contributed by atoms with van der Waals surface area (Å²) < 4.78 is 4.86. The molecule has 0 aliphatic carbocycles. The van der Waals surface area contributed by atoms with Gasteiger partial charge in [0.1, 0.15) is 11.9 Å². The number of aliphatic hydroxyl groups is 1. The topological polar surface area (TPSA) is 59.4 Å². The van der Waals surface area contributed by atoms with Gasteiger partial charge in [-0.25, -0.2) is 0 Å². The number of hydrogen-bond donors (Lipinski definition) is 2. The summed E-state index contributed by atoms with van der Waals surface area (Å²) in [6.07, 6.45) is 0.855. The highest BCUT2D eigenvalue weighted by Gasteiger charge is 2.05. The van der Waals surface area contributed by atoms with Gasteiger partial charge in [-0.05, 0) is 12.1 Å². The highest BCUT2D eigenvalue weighted by Crippen LogP contribution is 2.10. The third-order valence-electron chi connectivity index (χ3n) is 1.09. The fraction of sp³-hybridized carbons (Fsp3) is 0.333. The standard InChI is InChI=1S/C6H9NO2/c7-4-5(8)6-2-1-3-9-6/h1-3,5,8H,4,7H2/t5-/m0/s1. The van der Waals surface area contributed by atoms with E-state index in [-0.39, 0.29) is 6.54 Å². The normalized spacial score (nSPS) is 13.6. The average Bonchev–Trinajstić information content (AvgIpc) is 2.37. The first kappa shape index (κ1) is 6.32. The Bertz CT molecular complexity index is 160. The fourth-order valence-electron chi connectivity index (χ4n) is 0.597. The van der Waals surface area contributed by atoms with Gasteiger partial charge >= 0.3 is 0 Å². The summed E-state index contributed by atoms with van der Waals surface area (Å²) in [5.74, 6) is 0.525. The van der Waals surface area contributed by atoms with Crippen LogP contribution in [-0.4, -0.2) is 11.7 Å². The molecule has 1 aromatic rings. The van der Waals surface area contributed by atoms with Crippen LogP contribution in [0.5, 0.6) is 0 Å². The van der Waals surface area contributed by atoms with Crippen molar-refractivity contribution >= 4 is 0 Å². The van der Waals surface area contributed by atoms with E-state index >= 15 is 0 Å². The van der Waals surface area contributed by atoms with Crippen molar-refractivity contribution in [2.45, 2.75) is 6.10 Å². The zero-order valence-electron chi connectivity index (χ0n) is 4.95. The Balaban J connectivity index is 2.65. The van der Waals surface area contributed by atoms with Crippen molar-refractivity contribution in [1.82, 2.24) is 0 Å². The third kappa shape index (κ3) is 1.31. The predicted octanol–water partition coefficient (Wildman–Crippen LogP) is 0.272. The van der Waals surface area contributed by atoms with Crippen LogP contribution in [0.4, 0.5) is 0 Å². The van der Waals surface area contributed by atoms with Crippen molar-refractivity contribution in [3.8, 4) is 0 Å². The summed E-state index contributed by atoms with van der Waals surface area (Å²) in [7, 11) is 0. The Hall–Kier alpha value is -0.800. The molecule has 0 fully saturated rings. The van der Waals surface area contributed by atoms with E-state index in [0.717, 1.165) is 0 Å². The lowest BCUT2D eigenvalue weighted by molar-refractivity contribution is 0.158. The van der Waals surface area contributed by atoms with Gasteiger partial charge in [-0.1, -0.05) is 0 Å². The van der Waals surface area contributed by atoms with Gasteiger partial charge in [-0.3, -0.25) is 0 Å². The van der Waals surface area contributed by atoms with Crippen LogP contribution < -0.4 is 5.73 Å². The van der Waals surface area contributed by atoms with Crippen LogP contribution in [0, 0.1) is 0 Å². The Kier molecular flexibility index (Phi) is 1.87. The number of hydrogen-bond acceptors (Lipinski definition) is 3. The van der Waals surface area contributed by atoms with Gasteiger partial charge in [0.2, 0.25) is 0 Å². The van der Waals surface area contributed by atoms with Crippen molar-refractivity contribution in [2.75, 3.05) is 6.54 Å². The average molecular weight is 127 g/mol. The van der Waals surface area contributed by atoms with Gasteiger partial charge in [0.05, 0.1) is 6.26 Å². The summed E-state index contributed by atoms with van der Waals surface area (Å²) in [4.78, 5) is 0. The van der Waals surface area contributed by atoms with Crippen LogP contribution >= 0.6 is 0 Å². The molecule has 0 saturated heterocycles. The molecule has 3 nitrogen and oxygen atoms in total. The third-order valence-corrected chi connectivity index (χ3v) is 1.09. The molecule has 0 aromatic carbocycles. The molecule has 3 N–H and O–H groups in total. The molecule has 0 aliphatic heterocycles. The molecular formula is C6H9NO2. The molecule has 9 heavy (non-hydrogen) atoms. The van der Waals surface area contributed by atoms with Gasteiger partial charge in [-0.2, -0.15) is 0 Å². The number of rotatable bonds is 2. The van der Waals surface area contributed by atoms with Gasteiger partial charge in [0, 0.05) is 6.54 Å². The van der Waals surface area contributed by atoms with E-state index in [1.807, 2.05) is 0 Å². The van der Waals surface area contributed by atoms with E-state index in [2.05, 4.69) is 0 Å². The minimum atomic E-state index is -0.653. The summed E-state index contributed by atoms with van der Waals surface area (Å²) in [5, 5.41) is 9.00. The SMILES string of the molecule is NC[C@H](O)c1ccco1. The largest absolute Gasteiger partial charge is 0.467 e. The van der Waals surface area contributed by atoms with Crippen molar-refractivity contribution < 1.29 is 9.52 Å². The number of furan rings is 1. The fourth-order valence-corrected chi connectivity index (χ4v) is 0.597. The molecular weight excluding hydrogens is 118 g/mol. The smallest absolute Gasteiger partial charge is 0.133 e. The summed E-state index contributed by atoms with van der Waals surface area (Å²) in [6.45, 7) is 0.202. The Morgan fingerprint density at radius 2 is 2.56 bits per heavy atom. The first-order valence-electron chi connectivity index (χ1n) is 2.76. The molecule has 50 valence electrons. The van der Waals surface area contributed by atoms with Gasteiger partial charge in [0.15, 0.2) is 0 Å². The molecule has 0 radical (unpaired) electrons. The van der Waals surface area contributed by atoms with E-state index in [9.17, 15) is 0 Å². The Morgan fingerprint density at radius 1 is 1.78 bits per heavy atom. The van der Waals surface area contributed by atoms with Crippen LogP contribution in [0.3, 0.4) is 0 Å². The van der Waals surface area contributed by atoms with Crippen molar-refractivity contribution in [2.24, 2.45) is 5.73 Å². The lowest BCUT2D eigenvalue weighted by Gasteiger charge is -2.00. The van der Waals surface area contributed by atoms with Crippen LogP contribution in [0.1, 0.15) is 11.9 Å². The minimum Gasteiger partial charge on any atom is -0.467 e. The van der Waals surface area contributed by atoms with Crippen molar-refractivity contribution in [3.63, 3.8) is 0 Å². The van der Waals surface area contributed by atoms with Crippen LogP contribution in [0.15, 0.2) is 22.8 Å². The summed E-state index contributed by atoms with van der Waals surface area (Å²) >= 11 is 0. The molecule has 0 aliphatic rings. The summed E-state index contributed by atoms with van der Waals surface area (Å²) in [5.41, 5.74) is 5.15. The Labute approximate surface area is 53.1 Å². The molecule has 0 amide bonds. The molecule has 1 heterocycles. The minimum absolute atomic E-state index is 0.202. The lowest BCUT2D eigenvalue weighted by Crippen LogP contribution is -2.10. The summed E-state index contributed by atoms with van der Waals surface area (Å²) in [6, 6.07) is 3.41. The first-order chi connectivity index (χ1) is 4.34. The molecule has 1 aromatic heterocycles. The van der Waals surface area contributed by atoms with E-state index in [1.54, 1.807) is 12.1 Å². The van der Waals surface area contributed by atoms with Crippen molar-refractivity contribution in [3.05, 3.63) is 24.2 Å². The van der Waals surface area contributed by atoms with Crippen LogP contribution in [0.2, 0.25) is 0 Å². The van der Waals surface area contributed by atoms with Gasteiger partial charge in [-0.15, -0.1) is 0 Å². The van der Waals surface area contributed by atoms with Gasteiger partial charge in [0.25, 0.3) is 0 Å². The highest BCUT2D eigenvalue weighted by atomic mass is 16.4. The maximum atomic E-state index is 9.00. The van der Waals surface area contributed by atoms with E-state index in [4.69, 9.17) is 15.3 Å². The molecule has 1 atom stereocenters. The second-order valence-electron chi connectivity index (χ2n) is 1.77. The maximum absolute atomic E-state index is 9.00. The van der Waals surface area contributed by atoms with E-state index in [1.165, 1.54) is 6.26 Å². The molecule has 0 unspecified atom stereocenters. The molecule has 0 spiro atoms. The molecule has 0 bridgehead atoms. The quantitative estimate of drug-likeness (QED) is 0.599. The number of aliphatic hydroxyl groups excluding tert-OH is 1. The van der Waals surface area contributed by atoms with Crippen molar-refractivity contribution in [1.29, 1.82) is 0 Å². The van der Waals surface area contributed by atoms with E-state index < -0.39 is 6.10 Å². The lowest BCUT2D eigenvalue weighted by atomic mass is 10.3. The highest BCUT2D eigenvalue weighted by molar-refractivity contribution is 5.01.